The fourth-order valence-corrected chi connectivity index (χ4v) is 2.57. The van der Waals surface area contributed by atoms with Crippen LogP contribution in [-0.4, -0.2) is 30.7 Å². The van der Waals surface area contributed by atoms with Crippen molar-refractivity contribution in [3.05, 3.63) is 54.6 Å². The number of ether oxygens (including phenoxy) is 2. The third kappa shape index (κ3) is 4.03. The van der Waals surface area contributed by atoms with E-state index < -0.39 is 0 Å². The highest BCUT2D eigenvalue weighted by Crippen LogP contribution is 2.31. The van der Waals surface area contributed by atoms with Crippen molar-refractivity contribution in [2.75, 3.05) is 31.4 Å². The van der Waals surface area contributed by atoms with Gasteiger partial charge in [0.25, 0.3) is 0 Å². The molecule has 0 aliphatic heterocycles. The van der Waals surface area contributed by atoms with Crippen LogP contribution in [0.2, 0.25) is 0 Å². The number of nitrogens with zero attached hydrogens (tertiary/aromatic N) is 2. The third-order valence-electron chi connectivity index (χ3n) is 3.79. The van der Waals surface area contributed by atoms with Crippen molar-refractivity contribution in [1.82, 2.24) is 9.97 Å². The Labute approximate surface area is 153 Å². The van der Waals surface area contributed by atoms with Gasteiger partial charge in [0.2, 0.25) is 5.95 Å². The zero-order valence-electron chi connectivity index (χ0n) is 15.1. The molecule has 3 rings (SSSR count). The maximum absolute atomic E-state index is 5.36. The molecule has 2 aromatic carbocycles. The number of hydrogen-bond acceptors (Lipinski definition) is 6. The lowest BCUT2D eigenvalue weighted by Crippen LogP contribution is -2.05. The van der Waals surface area contributed by atoms with Crippen LogP contribution < -0.4 is 20.1 Å². The molecule has 0 saturated heterocycles. The zero-order chi connectivity index (χ0) is 18.4. The first-order valence-corrected chi connectivity index (χ1v) is 8.41. The Morgan fingerprint density at radius 1 is 0.885 bits per heavy atom. The number of rotatable bonds is 7. The molecule has 0 amide bonds. The van der Waals surface area contributed by atoms with E-state index in [4.69, 9.17) is 9.47 Å². The van der Waals surface area contributed by atoms with Crippen LogP contribution in [0.5, 0.6) is 11.5 Å². The summed E-state index contributed by atoms with van der Waals surface area (Å²) in [6.45, 7) is 2.76. The van der Waals surface area contributed by atoms with Crippen LogP contribution in [0.4, 0.5) is 17.5 Å². The molecule has 26 heavy (non-hydrogen) atoms. The van der Waals surface area contributed by atoms with Gasteiger partial charge in [-0.3, -0.25) is 0 Å². The van der Waals surface area contributed by atoms with Gasteiger partial charge in [0.05, 0.1) is 19.9 Å². The predicted octanol–water partition coefficient (Wildman–Crippen LogP) is 4.34. The highest BCUT2D eigenvalue weighted by Gasteiger charge is 2.09. The highest BCUT2D eigenvalue weighted by molar-refractivity contribution is 5.68. The number of aromatic nitrogens is 2. The van der Waals surface area contributed by atoms with Crippen LogP contribution >= 0.6 is 0 Å². The van der Waals surface area contributed by atoms with E-state index in [0.29, 0.717) is 23.3 Å². The number of methoxy groups -OCH3 is 2. The molecule has 0 fully saturated rings. The van der Waals surface area contributed by atoms with Gasteiger partial charge in [-0.05, 0) is 19.1 Å². The van der Waals surface area contributed by atoms with Crippen LogP contribution in [0.1, 0.15) is 6.92 Å². The smallest absolute Gasteiger partial charge is 0.225 e. The van der Waals surface area contributed by atoms with E-state index in [1.165, 1.54) is 0 Å². The molecular formula is C20H22N4O2. The zero-order valence-corrected chi connectivity index (χ0v) is 15.1. The summed E-state index contributed by atoms with van der Waals surface area (Å²) in [7, 11) is 3.23. The molecule has 6 nitrogen and oxygen atoms in total. The molecule has 6 heteroatoms. The molecule has 0 aliphatic rings. The SMILES string of the molecule is CCNc1nc(Nc2ccc(OC)c(OC)c2)cc(-c2ccccc2)n1. The van der Waals surface area contributed by atoms with Gasteiger partial charge in [0, 0.05) is 29.9 Å². The van der Waals surface area contributed by atoms with Gasteiger partial charge < -0.3 is 20.1 Å². The van der Waals surface area contributed by atoms with Crippen molar-refractivity contribution >= 4 is 17.5 Å². The van der Waals surface area contributed by atoms with Crippen molar-refractivity contribution in [3.63, 3.8) is 0 Å². The van der Waals surface area contributed by atoms with Gasteiger partial charge in [0.15, 0.2) is 11.5 Å². The lowest BCUT2D eigenvalue weighted by atomic mass is 10.1. The van der Waals surface area contributed by atoms with E-state index in [9.17, 15) is 0 Å². The Kier molecular flexibility index (Phi) is 5.53. The molecule has 2 N–H and O–H groups in total. The maximum atomic E-state index is 5.36. The second kappa shape index (κ2) is 8.20. The number of benzene rings is 2. The Hall–Kier alpha value is -3.28. The molecule has 0 spiro atoms. The first-order valence-electron chi connectivity index (χ1n) is 8.41. The average Bonchev–Trinajstić information content (AvgIpc) is 2.68. The van der Waals surface area contributed by atoms with Crippen LogP contribution in [-0.2, 0) is 0 Å². The maximum Gasteiger partial charge on any atom is 0.225 e. The molecule has 0 unspecified atom stereocenters. The van der Waals surface area contributed by atoms with Gasteiger partial charge in [0.1, 0.15) is 5.82 Å². The summed E-state index contributed by atoms with van der Waals surface area (Å²) in [5.74, 6) is 2.61. The lowest BCUT2D eigenvalue weighted by molar-refractivity contribution is 0.355. The first kappa shape index (κ1) is 17.5. The highest BCUT2D eigenvalue weighted by atomic mass is 16.5. The Morgan fingerprint density at radius 2 is 1.65 bits per heavy atom. The van der Waals surface area contributed by atoms with Crippen molar-refractivity contribution in [2.24, 2.45) is 0 Å². The average molecular weight is 350 g/mol. The van der Waals surface area contributed by atoms with Crippen molar-refractivity contribution in [1.29, 1.82) is 0 Å². The standard InChI is InChI=1S/C20H22N4O2/c1-4-21-20-23-16(14-8-6-5-7-9-14)13-19(24-20)22-15-10-11-17(25-2)18(12-15)26-3/h5-13H,4H2,1-3H3,(H2,21,22,23,24). The van der Waals surface area contributed by atoms with E-state index in [-0.39, 0.29) is 0 Å². The van der Waals surface area contributed by atoms with Gasteiger partial charge in [-0.25, -0.2) is 4.98 Å². The number of anilines is 3. The second-order valence-corrected chi connectivity index (χ2v) is 5.55. The predicted molar refractivity (Wildman–Crippen MR) is 104 cm³/mol. The summed E-state index contributed by atoms with van der Waals surface area (Å²) in [5.41, 5.74) is 2.73. The minimum atomic E-state index is 0.580. The normalized spacial score (nSPS) is 10.3. The van der Waals surface area contributed by atoms with Crippen LogP contribution in [0.3, 0.4) is 0 Å². The van der Waals surface area contributed by atoms with E-state index in [2.05, 4.69) is 20.6 Å². The van der Waals surface area contributed by atoms with E-state index >= 15 is 0 Å². The minimum absolute atomic E-state index is 0.580. The summed E-state index contributed by atoms with van der Waals surface area (Å²) in [5, 5.41) is 6.49. The Bertz CT molecular complexity index is 869. The largest absolute Gasteiger partial charge is 0.493 e. The summed E-state index contributed by atoms with van der Waals surface area (Å²) in [4.78, 5) is 9.13. The topological polar surface area (TPSA) is 68.3 Å². The van der Waals surface area contributed by atoms with Crippen LogP contribution in [0, 0.1) is 0 Å². The molecule has 0 aliphatic carbocycles. The van der Waals surface area contributed by atoms with Gasteiger partial charge in [-0.1, -0.05) is 30.3 Å². The summed E-state index contributed by atoms with van der Waals surface area (Å²) in [6.07, 6.45) is 0. The molecular weight excluding hydrogens is 328 g/mol. The van der Waals surface area contributed by atoms with Crippen LogP contribution in [0.15, 0.2) is 54.6 Å². The quantitative estimate of drug-likeness (QED) is 0.661. The van der Waals surface area contributed by atoms with Crippen molar-refractivity contribution in [3.8, 4) is 22.8 Å². The van der Waals surface area contributed by atoms with Gasteiger partial charge >= 0.3 is 0 Å². The fraction of sp³-hybridized carbons (Fsp3) is 0.200. The Morgan fingerprint density at radius 3 is 2.35 bits per heavy atom. The molecule has 0 bridgehead atoms. The lowest BCUT2D eigenvalue weighted by Gasteiger charge is -2.13. The van der Waals surface area contributed by atoms with E-state index in [1.54, 1.807) is 14.2 Å². The van der Waals surface area contributed by atoms with Gasteiger partial charge in [-0.2, -0.15) is 4.98 Å². The molecule has 3 aromatic rings. The second-order valence-electron chi connectivity index (χ2n) is 5.55. The molecule has 1 aromatic heterocycles. The van der Waals surface area contributed by atoms with Gasteiger partial charge in [-0.15, -0.1) is 0 Å². The molecule has 0 atom stereocenters. The number of hydrogen-bond donors (Lipinski definition) is 2. The first-order chi connectivity index (χ1) is 12.7. The summed E-state index contributed by atoms with van der Waals surface area (Å²) >= 11 is 0. The summed E-state index contributed by atoms with van der Waals surface area (Å²) in [6, 6.07) is 17.6. The summed E-state index contributed by atoms with van der Waals surface area (Å²) < 4.78 is 10.6. The fourth-order valence-electron chi connectivity index (χ4n) is 2.57. The molecule has 0 saturated carbocycles. The third-order valence-corrected chi connectivity index (χ3v) is 3.79. The minimum Gasteiger partial charge on any atom is -0.493 e. The molecule has 1 heterocycles. The molecule has 0 radical (unpaired) electrons. The van der Waals surface area contributed by atoms with E-state index in [0.717, 1.165) is 23.5 Å². The Balaban J connectivity index is 1.95. The van der Waals surface area contributed by atoms with Crippen molar-refractivity contribution < 1.29 is 9.47 Å². The molecule has 134 valence electrons. The van der Waals surface area contributed by atoms with Crippen molar-refractivity contribution in [2.45, 2.75) is 6.92 Å². The monoisotopic (exact) mass is 350 g/mol. The van der Waals surface area contributed by atoms with Crippen LogP contribution in [0.25, 0.3) is 11.3 Å². The van der Waals surface area contributed by atoms with E-state index in [1.807, 2.05) is 61.5 Å². The number of nitrogens with one attached hydrogen (secondary N) is 2.